The third kappa shape index (κ3) is 2.72. The summed E-state index contributed by atoms with van der Waals surface area (Å²) in [4.78, 5) is 24.1. The van der Waals surface area contributed by atoms with Gasteiger partial charge in [0.15, 0.2) is 0 Å². The Balaban J connectivity index is 2.34. The molecule has 1 heterocycles. The molecule has 4 nitrogen and oxygen atoms in total. The number of carbonyl (C=O) groups is 2. The predicted molar refractivity (Wildman–Crippen MR) is 51.6 cm³/mol. The lowest BCUT2D eigenvalue weighted by Gasteiger charge is -2.13. The maximum absolute atomic E-state index is 11.4. The molecule has 1 atom stereocenters. The highest BCUT2D eigenvalue weighted by Crippen LogP contribution is 2.17. The molecule has 0 spiro atoms. The molecule has 0 bridgehead atoms. The molecule has 1 saturated heterocycles. The number of nitrogens with zero attached hydrogens (tertiary/aromatic N) is 1. The Morgan fingerprint density at radius 1 is 1.50 bits per heavy atom. The van der Waals surface area contributed by atoms with Gasteiger partial charge in [-0.2, -0.15) is 0 Å². The number of likely N-dealkylation sites (tertiary alicyclic amines) is 1. The number of rotatable bonds is 3. The van der Waals surface area contributed by atoms with Crippen molar-refractivity contribution >= 4 is 11.9 Å². The largest absolute Gasteiger partial charge is 0.465 e. The highest BCUT2D eigenvalue weighted by molar-refractivity contribution is 5.77. The second-order valence-electron chi connectivity index (χ2n) is 3.62. The van der Waals surface area contributed by atoms with Crippen molar-refractivity contribution < 1.29 is 14.3 Å². The van der Waals surface area contributed by atoms with Gasteiger partial charge in [0.2, 0.25) is 5.91 Å². The van der Waals surface area contributed by atoms with Crippen molar-refractivity contribution in [3.8, 4) is 0 Å². The molecule has 0 aromatic heterocycles. The van der Waals surface area contributed by atoms with Crippen molar-refractivity contribution in [2.24, 2.45) is 5.92 Å². The van der Waals surface area contributed by atoms with E-state index in [-0.39, 0.29) is 17.8 Å². The minimum atomic E-state index is -0.157. The van der Waals surface area contributed by atoms with E-state index in [1.54, 1.807) is 4.90 Å². The zero-order valence-corrected chi connectivity index (χ0v) is 8.78. The first-order valence-corrected chi connectivity index (χ1v) is 5.07. The van der Waals surface area contributed by atoms with Gasteiger partial charge in [-0.15, -0.1) is 0 Å². The van der Waals surface area contributed by atoms with Crippen LogP contribution in [-0.2, 0) is 14.3 Å². The second-order valence-corrected chi connectivity index (χ2v) is 3.62. The molecule has 0 aromatic carbocycles. The number of hydrogen-bond donors (Lipinski definition) is 0. The summed E-state index contributed by atoms with van der Waals surface area (Å²) in [7, 11) is 0. The topological polar surface area (TPSA) is 46.6 Å². The van der Waals surface area contributed by atoms with Gasteiger partial charge in [0, 0.05) is 20.0 Å². The minimum absolute atomic E-state index is 0.0378. The summed E-state index contributed by atoms with van der Waals surface area (Å²) < 4.78 is 5.03. The van der Waals surface area contributed by atoms with E-state index in [4.69, 9.17) is 4.74 Å². The van der Waals surface area contributed by atoms with Crippen molar-refractivity contribution in [1.82, 2.24) is 4.90 Å². The maximum atomic E-state index is 11.4. The van der Waals surface area contributed by atoms with Crippen molar-refractivity contribution in [2.75, 3.05) is 19.7 Å². The van der Waals surface area contributed by atoms with E-state index < -0.39 is 0 Å². The molecular weight excluding hydrogens is 182 g/mol. The predicted octanol–water partition coefficient (Wildman–Crippen LogP) is 0.808. The average Bonchev–Trinajstić information content (AvgIpc) is 2.62. The maximum Gasteiger partial charge on any atom is 0.310 e. The van der Waals surface area contributed by atoms with Gasteiger partial charge in [-0.25, -0.2) is 0 Å². The fraction of sp³-hybridized carbons (Fsp3) is 0.800. The van der Waals surface area contributed by atoms with Gasteiger partial charge in [-0.1, -0.05) is 6.92 Å². The number of esters is 1. The van der Waals surface area contributed by atoms with Crippen LogP contribution >= 0.6 is 0 Å². The Bertz CT molecular complexity index is 227. The van der Waals surface area contributed by atoms with E-state index in [9.17, 15) is 9.59 Å². The Labute approximate surface area is 84.2 Å². The van der Waals surface area contributed by atoms with Crippen LogP contribution in [0.1, 0.15) is 26.7 Å². The van der Waals surface area contributed by atoms with Crippen LogP contribution in [0.2, 0.25) is 0 Å². The monoisotopic (exact) mass is 199 g/mol. The van der Waals surface area contributed by atoms with Gasteiger partial charge in [-0.05, 0) is 12.8 Å². The van der Waals surface area contributed by atoms with Crippen LogP contribution in [0.5, 0.6) is 0 Å². The molecule has 0 saturated carbocycles. The minimum Gasteiger partial charge on any atom is -0.465 e. The molecule has 1 amide bonds. The van der Waals surface area contributed by atoms with Gasteiger partial charge in [0.1, 0.15) is 0 Å². The summed E-state index contributed by atoms with van der Waals surface area (Å²) in [5.41, 5.74) is 0. The standard InChI is InChI=1S/C10H17NO3/c1-3-6-14-10(13)9-4-5-11(7-9)8(2)12/h9H,3-7H2,1-2H3. The van der Waals surface area contributed by atoms with Crippen molar-refractivity contribution in [3.05, 3.63) is 0 Å². The number of hydrogen-bond acceptors (Lipinski definition) is 3. The Hall–Kier alpha value is -1.06. The summed E-state index contributed by atoms with van der Waals surface area (Å²) in [6.07, 6.45) is 1.58. The Morgan fingerprint density at radius 3 is 2.71 bits per heavy atom. The van der Waals surface area contributed by atoms with Crippen LogP contribution in [-0.4, -0.2) is 36.5 Å². The molecule has 80 valence electrons. The van der Waals surface area contributed by atoms with E-state index in [1.807, 2.05) is 6.92 Å². The average molecular weight is 199 g/mol. The highest BCUT2D eigenvalue weighted by atomic mass is 16.5. The molecule has 14 heavy (non-hydrogen) atoms. The summed E-state index contributed by atoms with van der Waals surface area (Å²) in [5, 5.41) is 0. The van der Waals surface area contributed by atoms with E-state index in [0.717, 1.165) is 12.8 Å². The molecule has 1 rings (SSSR count). The van der Waals surface area contributed by atoms with Crippen LogP contribution in [0.15, 0.2) is 0 Å². The molecule has 1 aliphatic heterocycles. The van der Waals surface area contributed by atoms with Gasteiger partial charge in [0.05, 0.1) is 12.5 Å². The van der Waals surface area contributed by atoms with Crippen molar-refractivity contribution in [3.63, 3.8) is 0 Å². The molecule has 1 aliphatic rings. The zero-order chi connectivity index (χ0) is 10.6. The van der Waals surface area contributed by atoms with Gasteiger partial charge < -0.3 is 9.64 Å². The van der Waals surface area contributed by atoms with E-state index >= 15 is 0 Å². The SMILES string of the molecule is CCCOC(=O)C1CCN(C(C)=O)C1. The summed E-state index contributed by atoms with van der Waals surface area (Å²) >= 11 is 0. The zero-order valence-electron chi connectivity index (χ0n) is 8.78. The van der Waals surface area contributed by atoms with Gasteiger partial charge >= 0.3 is 5.97 Å². The quantitative estimate of drug-likeness (QED) is 0.632. The van der Waals surface area contributed by atoms with Crippen LogP contribution in [0.25, 0.3) is 0 Å². The number of amides is 1. The lowest BCUT2D eigenvalue weighted by Crippen LogP contribution is -2.28. The first-order chi connectivity index (χ1) is 6.65. The van der Waals surface area contributed by atoms with Crippen LogP contribution in [0.3, 0.4) is 0 Å². The molecule has 1 fully saturated rings. The summed E-state index contributed by atoms with van der Waals surface area (Å²) in [5.74, 6) is -0.225. The first-order valence-electron chi connectivity index (χ1n) is 5.07. The fourth-order valence-electron chi connectivity index (χ4n) is 1.56. The van der Waals surface area contributed by atoms with E-state index in [1.165, 1.54) is 6.92 Å². The van der Waals surface area contributed by atoms with Gasteiger partial charge in [0.25, 0.3) is 0 Å². The molecule has 0 radical (unpaired) electrons. The third-order valence-electron chi connectivity index (χ3n) is 2.42. The van der Waals surface area contributed by atoms with E-state index in [2.05, 4.69) is 0 Å². The van der Waals surface area contributed by atoms with Crippen LogP contribution in [0.4, 0.5) is 0 Å². The lowest BCUT2D eigenvalue weighted by molar-refractivity contribution is -0.148. The molecule has 0 aliphatic carbocycles. The first kappa shape index (κ1) is 11.0. The van der Waals surface area contributed by atoms with Crippen molar-refractivity contribution in [1.29, 1.82) is 0 Å². The van der Waals surface area contributed by atoms with Crippen LogP contribution in [0, 0.1) is 5.92 Å². The second kappa shape index (κ2) is 4.98. The third-order valence-corrected chi connectivity index (χ3v) is 2.42. The molecule has 1 unspecified atom stereocenters. The van der Waals surface area contributed by atoms with Gasteiger partial charge in [-0.3, -0.25) is 9.59 Å². The molecule has 4 heteroatoms. The van der Waals surface area contributed by atoms with Crippen molar-refractivity contribution in [2.45, 2.75) is 26.7 Å². The Morgan fingerprint density at radius 2 is 2.21 bits per heavy atom. The highest BCUT2D eigenvalue weighted by Gasteiger charge is 2.30. The van der Waals surface area contributed by atoms with Crippen LogP contribution < -0.4 is 0 Å². The smallest absolute Gasteiger partial charge is 0.310 e. The van der Waals surface area contributed by atoms with E-state index in [0.29, 0.717) is 19.7 Å². The fourth-order valence-corrected chi connectivity index (χ4v) is 1.56. The molecule has 0 N–H and O–H groups in total. The summed E-state index contributed by atoms with van der Waals surface area (Å²) in [6.45, 7) is 5.18. The molecule has 0 aromatic rings. The Kier molecular flexibility index (Phi) is 3.92. The molecular formula is C10H17NO3. The number of carbonyl (C=O) groups excluding carboxylic acids is 2. The number of ether oxygens (including phenoxy) is 1. The lowest BCUT2D eigenvalue weighted by atomic mass is 10.1. The normalized spacial score (nSPS) is 21.0. The summed E-state index contributed by atoms with van der Waals surface area (Å²) in [6, 6.07) is 0.